The van der Waals surface area contributed by atoms with Crippen LogP contribution in [0.4, 0.5) is 20.8 Å². The number of amides is 1. The van der Waals surface area contributed by atoms with Gasteiger partial charge in [0.2, 0.25) is 0 Å². The summed E-state index contributed by atoms with van der Waals surface area (Å²) in [5.41, 5.74) is 0.358. The van der Waals surface area contributed by atoms with E-state index < -0.39 is 28.9 Å². The van der Waals surface area contributed by atoms with Crippen molar-refractivity contribution >= 4 is 29.6 Å². The average molecular weight is 580 g/mol. The molecule has 1 N–H and O–H groups in total. The predicted octanol–water partition coefficient (Wildman–Crippen LogP) is 5.59. The van der Waals surface area contributed by atoms with E-state index in [1.807, 2.05) is 32.0 Å². The van der Waals surface area contributed by atoms with Gasteiger partial charge in [-0.1, -0.05) is 18.2 Å². The summed E-state index contributed by atoms with van der Waals surface area (Å²) >= 11 is 0. The maximum Gasteiger partial charge on any atom is 0.435 e. The molecule has 42 heavy (non-hydrogen) atoms. The highest BCUT2D eigenvalue weighted by Gasteiger charge is 2.47. The summed E-state index contributed by atoms with van der Waals surface area (Å²) in [7, 11) is 1.31. The second kappa shape index (κ2) is 11.9. The molecule has 0 unspecified atom stereocenters. The van der Waals surface area contributed by atoms with E-state index in [0.717, 1.165) is 10.2 Å². The number of aryl methyl sites for hydroxylation is 2. The van der Waals surface area contributed by atoms with E-state index in [4.69, 9.17) is 9.47 Å². The number of ether oxygens (including phenoxy) is 2. The van der Waals surface area contributed by atoms with Gasteiger partial charge >= 0.3 is 12.1 Å². The van der Waals surface area contributed by atoms with Gasteiger partial charge in [0.25, 0.3) is 5.91 Å². The number of nitrogens with zero attached hydrogens (tertiary/aromatic N) is 4. The number of esters is 1. The Morgan fingerprint density at radius 1 is 1.12 bits per heavy atom. The number of halogens is 1. The number of carbonyl (C=O) groups is 3. The van der Waals surface area contributed by atoms with Crippen LogP contribution in [-0.4, -0.2) is 62.9 Å². The van der Waals surface area contributed by atoms with Crippen LogP contribution >= 0.6 is 0 Å². The number of pyridine rings is 1. The summed E-state index contributed by atoms with van der Waals surface area (Å²) in [6, 6.07) is 11.5. The summed E-state index contributed by atoms with van der Waals surface area (Å²) in [6.45, 7) is 11.1. The lowest BCUT2D eigenvalue weighted by Gasteiger charge is -2.44. The first-order valence-electron chi connectivity index (χ1n) is 13.9. The van der Waals surface area contributed by atoms with Crippen LogP contribution in [0.5, 0.6) is 0 Å². The largest absolute Gasteiger partial charge is 0.469 e. The monoisotopic (exact) mass is 579 g/mol. The first-order chi connectivity index (χ1) is 19.7. The van der Waals surface area contributed by atoms with Crippen LogP contribution in [0.3, 0.4) is 0 Å². The van der Waals surface area contributed by atoms with Crippen molar-refractivity contribution < 1.29 is 28.2 Å². The standard InChI is InChI=1S/C31H38FN5O5/c1-19-10-8-9-11-22(19)27(38)36-15-14-31(17-21(36)3,28(39)41-7)18-24-23(32)12-13-25(33-24)34-26-16-20(2)37(35-26)29(40)42-30(4,5)6/h8-13,16,21H,14-15,17-18H2,1-7H3,(H,33,34,35)/t21-,31-/m1/s1. The van der Waals surface area contributed by atoms with Crippen molar-refractivity contribution in [2.75, 3.05) is 19.0 Å². The summed E-state index contributed by atoms with van der Waals surface area (Å²) in [6.07, 6.45) is -0.0549. The van der Waals surface area contributed by atoms with E-state index in [1.165, 1.54) is 19.2 Å². The van der Waals surface area contributed by atoms with E-state index in [1.54, 1.807) is 44.7 Å². The van der Waals surface area contributed by atoms with E-state index in [9.17, 15) is 14.4 Å². The van der Waals surface area contributed by atoms with Gasteiger partial charge in [0.05, 0.1) is 18.2 Å². The lowest BCUT2D eigenvalue weighted by molar-refractivity contribution is -0.156. The Labute approximate surface area is 245 Å². The number of benzene rings is 1. The molecule has 1 fully saturated rings. The Kier molecular flexibility index (Phi) is 8.70. The highest BCUT2D eigenvalue weighted by molar-refractivity contribution is 5.96. The third-order valence-electron chi connectivity index (χ3n) is 7.44. The van der Waals surface area contributed by atoms with Gasteiger partial charge in [-0.05, 0) is 78.1 Å². The second-order valence-electron chi connectivity index (χ2n) is 11.9. The predicted molar refractivity (Wildman–Crippen MR) is 155 cm³/mol. The van der Waals surface area contributed by atoms with Crippen molar-refractivity contribution in [2.45, 2.75) is 72.4 Å². The quantitative estimate of drug-likeness (QED) is 0.376. The van der Waals surface area contributed by atoms with Crippen molar-refractivity contribution in [1.29, 1.82) is 0 Å². The van der Waals surface area contributed by atoms with Crippen LogP contribution in [0, 0.1) is 25.1 Å². The minimum Gasteiger partial charge on any atom is -0.469 e. The van der Waals surface area contributed by atoms with Gasteiger partial charge in [-0.3, -0.25) is 9.59 Å². The van der Waals surface area contributed by atoms with Crippen LogP contribution in [0.2, 0.25) is 0 Å². The van der Waals surface area contributed by atoms with Gasteiger partial charge in [-0.2, -0.15) is 4.68 Å². The van der Waals surface area contributed by atoms with Crippen molar-refractivity contribution in [3.63, 3.8) is 0 Å². The number of likely N-dealkylation sites (tertiary alicyclic amines) is 1. The highest BCUT2D eigenvalue weighted by atomic mass is 19.1. The lowest BCUT2D eigenvalue weighted by atomic mass is 9.72. The third-order valence-corrected chi connectivity index (χ3v) is 7.44. The normalized spacial score (nSPS) is 18.9. The molecule has 0 aliphatic carbocycles. The van der Waals surface area contributed by atoms with Crippen LogP contribution in [0.25, 0.3) is 0 Å². The van der Waals surface area contributed by atoms with E-state index >= 15 is 4.39 Å². The van der Waals surface area contributed by atoms with Gasteiger partial charge in [-0.25, -0.2) is 14.2 Å². The Morgan fingerprint density at radius 3 is 2.48 bits per heavy atom. The second-order valence-corrected chi connectivity index (χ2v) is 11.9. The van der Waals surface area contributed by atoms with Gasteiger partial charge in [0, 0.05) is 36.3 Å². The maximum absolute atomic E-state index is 15.1. The van der Waals surface area contributed by atoms with Crippen LogP contribution in [0.1, 0.15) is 67.8 Å². The topological polar surface area (TPSA) is 116 Å². The third kappa shape index (κ3) is 6.61. The van der Waals surface area contributed by atoms with Crippen molar-refractivity contribution in [1.82, 2.24) is 19.7 Å². The summed E-state index contributed by atoms with van der Waals surface area (Å²) in [5, 5.41) is 7.27. The summed E-state index contributed by atoms with van der Waals surface area (Å²) in [5.74, 6) is -0.520. The molecule has 1 saturated heterocycles. The summed E-state index contributed by atoms with van der Waals surface area (Å²) in [4.78, 5) is 45.2. The van der Waals surface area contributed by atoms with Crippen LogP contribution in [-0.2, 0) is 20.7 Å². The number of piperidine rings is 1. The molecule has 2 aromatic heterocycles. The van der Waals surface area contributed by atoms with E-state index in [0.29, 0.717) is 35.9 Å². The molecule has 0 bridgehead atoms. The first kappa shape index (κ1) is 30.7. The fourth-order valence-corrected chi connectivity index (χ4v) is 5.39. The molecule has 3 heterocycles. The molecule has 1 aliphatic rings. The number of rotatable bonds is 6. The first-order valence-corrected chi connectivity index (χ1v) is 13.9. The number of anilines is 2. The van der Waals surface area contributed by atoms with Crippen molar-refractivity contribution in [2.24, 2.45) is 5.41 Å². The number of hydrogen-bond donors (Lipinski definition) is 1. The fourth-order valence-electron chi connectivity index (χ4n) is 5.39. The molecule has 4 rings (SSSR count). The van der Waals surface area contributed by atoms with Crippen molar-refractivity contribution in [3.05, 3.63) is 70.8 Å². The average Bonchev–Trinajstić information content (AvgIpc) is 3.29. The smallest absolute Gasteiger partial charge is 0.435 e. The summed E-state index contributed by atoms with van der Waals surface area (Å²) < 4.78 is 26.8. The zero-order valence-corrected chi connectivity index (χ0v) is 25.2. The number of nitrogens with one attached hydrogen (secondary N) is 1. The number of hydrogen-bond acceptors (Lipinski definition) is 8. The molecule has 224 valence electrons. The van der Waals surface area contributed by atoms with E-state index in [2.05, 4.69) is 15.4 Å². The van der Waals surface area contributed by atoms with Gasteiger partial charge in [0.1, 0.15) is 17.2 Å². The molecule has 0 radical (unpaired) electrons. The van der Waals surface area contributed by atoms with Gasteiger partial charge in [0.15, 0.2) is 5.82 Å². The lowest BCUT2D eigenvalue weighted by Crippen LogP contribution is -2.52. The van der Waals surface area contributed by atoms with Crippen molar-refractivity contribution in [3.8, 4) is 0 Å². The molecular weight excluding hydrogens is 541 g/mol. The maximum atomic E-state index is 15.1. The number of aromatic nitrogens is 3. The molecule has 0 spiro atoms. The molecule has 1 aromatic carbocycles. The molecule has 1 amide bonds. The molecule has 2 atom stereocenters. The van der Waals surface area contributed by atoms with Gasteiger partial charge < -0.3 is 19.7 Å². The Hall–Kier alpha value is -4.28. The Bertz CT molecular complexity index is 1500. The number of carbonyl (C=O) groups excluding carboxylic acids is 3. The van der Waals surface area contributed by atoms with Crippen LogP contribution < -0.4 is 5.32 Å². The molecule has 1 aliphatic heterocycles. The van der Waals surface area contributed by atoms with E-state index in [-0.39, 0.29) is 30.5 Å². The van der Waals surface area contributed by atoms with Crippen LogP contribution in [0.15, 0.2) is 42.5 Å². The molecule has 10 nitrogen and oxygen atoms in total. The molecular formula is C31H38FN5O5. The Balaban J connectivity index is 1.55. The number of methoxy groups -OCH3 is 1. The zero-order valence-electron chi connectivity index (χ0n) is 25.2. The molecule has 3 aromatic rings. The van der Waals surface area contributed by atoms with Gasteiger partial charge in [-0.15, -0.1) is 5.10 Å². The highest BCUT2D eigenvalue weighted by Crippen LogP contribution is 2.40. The SMILES string of the molecule is COC(=O)[C@]1(Cc2nc(Nc3cc(C)n(C(=O)OC(C)(C)C)n3)ccc2F)CCN(C(=O)c2ccccc2C)[C@H](C)C1. The minimum atomic E-state index is -1.07. The molecule has 0 saturated carbocycles. The molecule has 11 heteroatoms. The minimum absolute atomic E-state index is 0.0108. The fraction of sp³-hybridized carbons (Fsp3) is 0.452. The zero-order chi connectivity index (χ0) is 30.8. The Morgan fingerprint density at radius 2 is 1.83 bits per heavy atom.